The third kappa shape index (κ3) is 5.65. The van der Waals surface area contributed by atoms with Gasteiger partial charge < -0.3 is 28.8 Å². The number of nitrogens with zero attached hydrogens (tertiary/aromatic N) is 1. The molecule has 0 radical (unpaired) electrons. The van der Waals surface area contributed by atoms with Crippen molar-refractivity contribution >= 4 is 24.0 Å². The van der Waals surface area contributed by atoms with Crippen LogP contribution in [0.5, 0.6) is 23.0 Å². The topological polar surface area (TPSA) is 92.1 Å². The molecule has 1 atom stereocenters. The van der Waals surface area contributed by atoms with Gasteiger partial charge in [0, 0.05) is 11.1 Å². The normalized spacial score (nSPS) is 11.2. The summed E-state index contributed by atoms with van der Waals surface area (Å²) in [7, 11) is 6.22. The second-order valence-corrected chi connectivity index (χ2v) is 8.03. The number of rotatable bonds is 9. The maximum Gasteiger partial charge on any atom is 0.231 e. The van der Waals surface area contributed by atoms with Gasteiger partial charge in [-0.1, -0.05) is 41.6 Å². The second kappa shape index (κ2) is 12.2. The van der Waals surface area contributed by atoms with E-state index in [9.17, 15) is 4.79 Å². The molecule has 3 aromatic carbocycles. The van der Waals surface area contributed by atoms with Gasteiger partial charge in [-0.05, 0) is 42.3 Å². The van der Waals surface area contributed by atoms with E-state index < -0.39 is 0 Å². The standard InChI is InChI=1S/C28H28N2O6.ClH/c1-17(18-9-7-6-8-10-18)28(31)29-22-13-19(11-12-23(22)32-2)21-16-36-30-26(21)20-14-24(33-3)27(35-5)25(15-20)34-4;/h6-17H,1-5H3,(H,29,31);1H. The molecule has 0 saturated carbocycles. The van der Waals surface area contributed by atoms with Crippen LogP contribution < -0.4 is 24.3 Å². The number of aromatic nitrogens is 1. The first-order valence-electron chi connectivity index (χ1n) is 11.3. The molecular weight excluding hydrogens is 496 g/mol. The molecule has 1 N–H and O–H groups in total. The summed E-state index contributed by atoms with van der Waals surface area (Å²) in [5.41, 5.74) is 4.26. The summed E-state index contributed by atoms with van der Waals surface area (Å²) in [6.07, 6.45) is 1.55. The third-order valence-electron chi connectivity index (χ3n) is 5.97. The molecule has 0 aliphatic rings. The Hall–Kier alpha value is -4.17. The van der Waals surface area contributed by atoms with Gasteiger partial charge in [-0.3, -0.25) is 4.79 Å². The van der Waals surface area contributed by atoms with Crippen LogP contribution in [0.15, 0.2) is 71.4 Å². The molecule has 4 aromatic rings. The third-order valence-corrected chi connectivity index (χ3v) is 5.97. The molecule has 0 aliphatic carbocycles. The van der Waals surface area contributed by atoms with Crippen molar-refractivity contribution in [3.05, 3.63) is 72.5 Å². The van der Waals surface area contributed by atoms with Crippen LogP contribution in [0.2, 0.25) is 0 Å². The highest BCUT2D eigenvalue weighted by Crippen LogP contribution is 2.43. The number of carbonyl (C=O) groups is 1. The average Bonchev–Trinajstić information content (AvgIpc) is 3.42. The molecule has 1 aromatic heterocycles. The molecule has 4 rings (SSSR count). The number of anilines is 1. The number of hydrogen-bond acceptors (Lipinski definition) is 7. The molecule has 0 bridgehead atoms. The highest BCUT2D eigenvalue weighted by molar-refractivity contribution is 5.98. The smallest absolute Gasteiger partial charge is 0.231 e. The number of nitrogens with one attached hydrogen (secondary N) is 1. The quantitative estimate of drug-likeness (QED) is 0.278. The van der Waals surface area contributed by atoms with Gasteiger partial charge in [-0.15, -0.1) is 12.4 Å². The van der Waals surface area contributed by atoms with Crippen molar-refractivity contribution in [2.45, 2.75) is 12.8 Å². The van der Waals surface area contributed by atoms with Crippen LogP contribution in [0.25, 0.3) is 22.4 Å². The number of amides is 1. The van der Waals surface area contributed by atoms with Crippen LogP contribution in [0.4, 0.5) is 5.69 Å². The highest BCUT2D eigenvalue weighted by Gasteiger charge is 2.21. The fourth-order valence-corrected chi connectivity index (χ4v) is 3.97. The molecule has 0 saturated heterocycles. The number of halogens is 1. The van der Waals surface area contributed by atoms with Crippen LogP contribution in [0.1, 0.15) is 18.4 Å². The predicted octanol–water partition coefficient (Wildman–Crippen LogP) is 6.21. The van der Waals surface area contributed by atoms with Crippen molar-refractivity contribution in [1.29, 1.82) is 0 Å². The Bertz CT molecular complexity index is 1330. The van der Waals surface area contributed by atoms with Crippen molar-refractivity contribution in [2.24, 2.45) is 0 Å². The lowest BCUT2D eigenvalue weighted by Crippen LogP contribution is -2.19. The number of ether oxygens (including phenoxy) is 4. The maximum absolute atomic E-state index is 13.0. The monoisotopic (exact) mass is 524 g/mol. The van der Waals surface area contributed by atoms with Gasteiger partial charge in [-0.25, -0.2) is 0 Å². The molecule has 194 valence electrons. The number of benzene rings is 3. The van der Waals surface area contributed by atoms with E-state index in [4.69, 9.17) is 23.5 Å². The molecule has 37 heavy (non-hydrogen) atoms. The summed E-state index contributed by atoms with van der Waals surface area (Å²) in [6, 6.07) is 18.7. The molecule has 1 amide bonds. The van der Waals surface area contributed by atoms with E-state index in [0.717, 1.165) is 16.7 Å². The van der Waals surface area contributed by atoms with E-state index in [1.54, 1.807) is 52.9 Å². The molecular formula is C28H29ClN2O6. The Labute approximate surface area is 221 Å². The van der Waals surface area contributed by atoms with Crippen LogP contribution in [0, 0.1) is 0 Å². The van der Waals surface area contributed by atoms with Gasteiger partial charge in [0.1, 0.15) is 17.7 Å². The lowest BCUT2D eigenvalue weighted by Gasteiger charge is -2.16. The number of hydrogen-bond donors (Lipinski definition) is 1. The zero-order chi connectivity index (χ0) is 25.7. The highest BCUT2D eigenvalue weighted by atomic mass is 35.5. The Kier molecular flexibility index (Phi) is 9.03. The lowest BCUT2D eigenvalue weighted by molar-refractivity contribution is -0.117. The van der Waals surface area contributed by atoms with E-state index >= 15 is 0 Å². The molecule has 1 unspecified atom stereocenters. The number of carbonyl (C=O) groups excluding carboxylic acids is 1. The van der Waals surface area contributed by atoms with Gasteiger partial charge in [0.05, 0.1) is 40.0 Å². The molecule has 0 fully saturated rings. The molecule has 9 heteroatoms. The van der Waals surface area contributed by atoms with Crippen LogP contribution >= 0.6 is 12.4 Å². The summed E-state index contributed by atoms with van der Waals surface area (Å²) in [4.78, 5) is 13.0. The predicted molar refractivity (Wildman–Crippen MR) is 144 cm³/mol. The first kappa shape index (κ1) is 27.4. The molecule has 1 heterocycles. The molecule has 8 nitrogen and oxygen atoms in total. The van der Waals surface area contributed by atoms with E-state index in [-0.39, 0.29) is 24.2 Å². The van der Waals surface area contributed by atoms with Gasteiger partial charge in [0.15, 0.2) is 11.5 Å². The molecule has 0 spiro atoms. The summed E-state index contributed by atoms with van der Waals surface area (Å²) in [5, 5.41) is 7.23. The Morgan fingerprint density at radius 1 is 0.838 bits per heavy atom. The van der Waals surface area contributed by atoms with Crippen molar-refractivity contribution in [3.8, 4) is 45.4 Å². The first-order valence-corrected chi connectivity index (χ1v) is 11.3. The summed E-state index contributed by atoms with van der Waals surface area (Å²) in [5.74, 6) is 1.53. The lowest BCUT2D eigenvalue weighted by atomic mass is 9.99. The Morgan fingerprint density at radius 2 is 1.49 bits per heavy atom. The van der Waals surface area contributed by atoms with E-state index in [1.165, 1.54) is 0 Å². The fraction of sp³-hybridized carbons (Fsp3) is 0.214. The Morgan fingerprint density at radius 3 is 2.08 bits per heavy atom. The van der Waals surface area contributed by atoms with Gasteiger partial charge in [0.25, 0.3) is 0 Å². The van der Waals surface area contributed by atoms with Crippen molar-refractivity contribution in [2.75, 3.05) is 33.8 Å². The van der Waals surface area contributed by atoms with E-state index in [0.29, 0.717) is 39.9 Å². The van der Waals surface area contributed by atoms with Crippen LogP contribution in [0.3, 0.4) is 0 Å². The van der Waals surface area contributed by atoms with Gasteiger partial charge >= 0.3 is 0 Å². The maximum atomic E-state index is 13.0. The minimum atomic E-state index is -0.343. The first-order chi connectivity index (χ1) is 17.5. The van der Waals surface area contributed by atoms with Gasteiger partial charge in [0.2, 0.25) is 11.7 Å². The zero-order valence-electron chi connectivity index (χ0n) is 21.2. The largest absolute Gasteiger partial charge is 0.495 e. The van der Waals surface area contributed by atoms with E-state index in [2.05, 4.69) is 10.5 Å². The Balaban J connectivity index is 0.00000380. The fourth-order valence-electron chi connectivity index (χ4n) is 3.97. The van der Waals surface area contributed by atoms with Crippen LogP contribution in [-0.2, 0) is 4.79 Å². The average molecular weight is 525 g/mol. The summed E-state index contributed by atoms with van der Waals surface area (Å²) >= 11 is 0. The minimum Gasteiger partial charge on any atom is -0.495 e. The zero-order valence-corrected chi connectivity index (χ0v) is 22.0. The van der Waals surface area contributed by atoms with Crippen molar-refractivity contribution in [3.63, 3.8) is 0 Å². The van der Waals surface area contributed by atoms with E-state index in [1.807, 2.05) is 49.4 Å². The van der Waals surface area contributed by atoms with Crippen LogP contribution in [-0.4, -0.2) is 39.5 Å². The van der Waals surface area contributed by atoms with Crippen molar-refractivity contribution < 1.29 is 28.3 Å². The van der Waals surface area contributed by atoms with Gasteiger partial charge in [-0.2, -0.15) is 0 Å². The second-order valence-electron chi connectivity index (χ2n) is 8.03. The van der Waals surface area contributed by atoms with Crippen molar-refractivity contribution in [1.82, 2.24) is 5.16 Å². The molecule has 0 aliphatic heterocycles. The minimum absolute atomic E-state index is 0. The number of methoxy groups -OCH3 is 4. The SMILES string of the molecule is COc1ccc(-c2conc2-c2cc(OC)c(OC)c(OC)c2)cc1NC(=O)C(C)c1ccccc1.Cl. The summed E-state index contributed by atoms with van der Waals surface area (Å²) < 4.78 is 27.3. The summed E-state index contributed by atoms with van der Waals surface area (Å²) in [6.45, 7) is 1.86.